The van der Waals surface area contributed by atoms with Gasteiger partial charge in [0.25, 0.3) is 5.91 Å². The number of amides is 2. The van der Waals surface area contributed by atoms with Gasteiger partial charge in [0.2, 0.25) is 5.91 Å². The van der Waals surface area contributed by atoms with Crippen molar-refractivity contribution in [2.24, 2.45) is 0 Å². The summed E-state index contributed by atoms with van der Waals surface area (Å²) >= 11 is 0. The van der Waals surface area contributed by atoms with Crippen molar-refractivity contribution in [2.75, 3.05) is 19.4 Å². The fourth-order valence-corrected chi connectivity index (χ4v) is 3.01. The summed E-state index contributed by atoms with van der Waals surface area (Å²) in [5.41, 5.74) is 1.82. The molecule has 2 N–H and O–H groups in total. The third-order valence-corrected chi connectivity index (χ3v) is 4.68. The average Bonchev–Trinajstić information content (AvgIpc) is 2.78. The van der Waals surface area contributed by atoms with Crippen LogP contribution >= 0.6 is 0 Å². The van der Waals surface area contributed by atoms with Crippen molar-refractivity contribution in [1.82, 2.24) is 10.2 Å². The molecule has 0 spiro atoms. The molecule has 30 heavy (non-hydrogen) atoms. The average molecular weight is 409 g/mol. The lowest BCUT2D eigenvalue weighted by Crippen LogP contribution is -2.47. The monoisotopic (exact) mass is 409 g/mol. The summed E-state index contributed by atoms with van der Waals surface area (Å²) < 4.78 is 0. The van der Waals surface area contributed by atoms with Crippen LogP contribution in [0.25, 0.3) is 0 Å². The Morgan fingerprint density at radius 2 is 1.73 bits per heavy atom. The van der Waals surface area contributed by atoms with Gasteiger partial charge in [0.15, 0.2) is 6.29 Å². The van der Waals surface area contributed by atoms with E-state index < -0.39 is 17.9 Å². The SMILES string of the molecule is CNC(=O)C(CCC=O)N(C)C(=O)c1cccc(Nc2ccc(C=O)cc2)c1C=O. The molecule has 0 aliphatic carbocycles. The summed E-state index contributed by atoms with van der Waals surface area (Å²) in [7, 11) is 2.91. The smallest absolute Gasteiger partial charge is 0.255 e. The van der Waals surface area contributed by atoms with Crippen LogP contribution in [0.1, 0.15) is 43.9 Å². The van der Waals surface area contributed by atoms with Gasteiger partial charge in [-0.05, 0) is 42.8 Å². The number of anilines is 2. The van der Waals surface area contributed by atoms with E-state index in [-0.39, 0.29) is 24.0 Å². The first-order valence-electron chi connectivity index (χ1n) is 9.29. The Morgan fingerprint density at radius 3 is 2.30 bits per heavy atom. The minimum absolute atomic E-state index is 0.120. The molecule has 0 bridgehead atoms. The highest BCUT2D eigenvalue weighted by Crippen LogP contribution is 2.24. The van der Waals surface area contributed by atoms with E-state index in [1.165, 1.54) is 25.1 Å². The fourth-order valence-electron chi connectivity index (χ4n) is 3.01. The molecule has 8 heteroatoms. The lowest BCUT2D eigenvalue weighted by molar-refractivity contribution is -0.125. The van der Waals surface area contributed by atoms with E-state index in [0.717, 1.165) is 6.29 Å². The van der Waals surface area contributed by atoms with E-state index >= 15 is 0 Å². The Labute approximate surface area is 174 Å². The van der Waals surface area contributed by atoms with Gasteiger partial charge in [-0.2, -0.15) is 0 Å². The van der Waals surface area contributed by atoms with E-state index in [2.05, 4.69) is 10.6 Å². The minimum atomic E-state index is -0.847. The number of nitrogens with one attached hydrogen (secondary N) is 2. The number of aldehydes is 3. The molecular formula is C22H23N3O5. The second-order valence-electron chi connectivity index (χ2n) is 6.54. The maximum atomic E-state index is 13.1. The van der Waals surface area contributed by atoms with Crippen LogP contribution < -0.4 is 10.6 Å². The van der Waals surface area contributed by atoms with Crippen LogP contribution in [-0.4, -0.2) is 55.7 Å². The number of carbonyl (C=O) groups excluding carboxylic acids is 5. The number of rotatable bonds is 10. The largest absolute Gasteiger partial charge is 0.357 e. The molecule has 0 aromatic heterocycles. The van der Waals surface area contributed by atoms with Crippen molar-refractivity contribution in [1.29, 1.82) is 0 Å². The standard InChI is InChI=1S/C22H23N3O5/c1-23-21(29)20(7-4-12-26)25(2)22(30)17-5-3-6-19(18(17)14-28)24-16-10-8-15(13-27)9-11-16/h3,5-6,8-14,20,24H,4,7H2,1-2H3,(H,23,29). The van der Waals surface area contributed by atoms with Gasteiger partial charge >= 0.3 is 0 Å². The van der Waals surface area contributed by atoms with Gasteiger partial charge in [0.1, 0.15) is 18.6 Å². The van der Waals surface area contributed by atoms with Gasteiger partial charge in [0.05, 0.1) is 11.1 Å². The Bertz CT molecular complexity index is 940. The highest BCUT2D eigenvalue weighted by molar-refractivity contribution is 6.06. The Morgan fingerprint density at radius 1 is 1.03 bits per heavy atom. The molecular weight excluding hydrogens is 386 g/mol. The van der Waals surface area contributed by atoms with Gasteiger partial charge in [0, 0.05) is 37.5 Å². The van der Waals surface area contributed by atoms with Crippen molar-refractivity contribution in [2.45, 2.75) is 18.9 Å². The quantitative estimate of drug-likeness (QED) is 0.582. The minimum Gasteiger partial charge on any atom is -0.357 e. The number of carbonyl (C=O) groups is 5. The Kier molecular flexibility index (Phi) is 7.99. The highest BCUT2D eigenvalue weighted by atomic mass is 16.2. The van der Waals surface area contributed by atoms with Gasteiger partial charge in [-0.25, -0.2) is 0 Å². The zero-order chi connectivity index (χ0) is 22.1. The number of likely N-dealkylation sites (N-methyl/N-ethyl adjacent to an activating group) is 2. The lowest BCUT2D eigenvalue weighted by atomic mass is 10.0. The number of nitrogens with zero attached hydrogens (tertiary/aromatic N) is 1. The highest BCUT2D eigenvalue weighted by Gasteiger charge is 2.28. The molecule has 0 heterocycles. The van der Waals surface area contributed by atoms with Crippen LogP contribution in [0.5, 0.6) is 0 Å². The zero-order valence-electron chi connectivity index (χ0n) is 16.8. The Balaban J connectivity index is 2.35. The molecule has 0 aliphatic heterocycles. The molecule has 0 aliphatic rings. The molecule has 8 nitrogen and oxygen atoms in total. The molecule has 2 aromatic carbocycles. The normalized spacial score (nSPS) is 11.1. The molecule has 156 valence electrons. The van der Waals surface area contributed by atoms with E-state index in [0.29, 0.717) is 29.5 Å². The third-order valence-electron chi connectivity index (χ3n) is 4.68. The second-order valence-corrected chi connectivity index (χ2v) is 6.54. The van der Waals surface area contributed by atoms with Crippen LogP contribution in [0.4, 0.5) is 11.4 Å². The number of hydrogen-bond acceptors (Lipinski definition) is 6. The predicted octanol–water partition coefficient (Wildman–Crippen LogP) is 2.22. The van der Waals surface area contributed by atoms with Crippen molar-refractivity contribution in [3.05, 3.63) is 59.2 Å². The van der Waals surface area contributed by atoms with E-state index in [1.807, 2.05) is 0 Å². The van der Waals surface area contributed by atoms with E-state index in [1.54, 1.807) is 36.4 Å². The first-order chi connectivity index (χ1) is 14.5. The summed E-state index contributed by atoms with van der Waals surface area (Å²) in [4.78, 5) is 59.8. The molecule has 2 rings (SSSR count). The van der Waals surface area contributed by atoms with Crippen molar-refractivity contribution in [3.63, 3.8) is 0 Å². The summed E-state index contributed by atoms with van der Waals surface area (Å²) in [6.07, 6.45) is 2.27. The van der Waals surface area contributed by atoms with Gasteiger partial charge in [-0.3, -0.25) is 19.2 Å². The zero-order valence-corrected chi connectivity index (χ0v) is 16.8. The van der Waals surface area contributed by atoms with Crippen molar-refractivity contribution in [3.8, 4) is 0 Å². The number of hydrogen-bond donors (Lipinski definition) is 2. The van der Waals surface area contributed by atoms with E-state index in [4.69, 9.17) is 0 Å². The molecule has 2 aromatic rings. The van der Waals surface area contributed by atoms with Crippen LogP contribution in [0.2, 0.25) is 0 Å². The lowest BCUT2D eigenvalue weighted by Gasteiger charge is -2.27. The summed E-state index contributed by atoms with van der Waals surface area (Å²) in [6, 6.07) is 10.5. The number of benzene rings is 2. The maximum Gasteiger partial charge on any atom is 0.255 e. The maximum absolute atomic E-state index is 13.1. The topological polar surface area (TPSA) is 113 Å². The van der Waals surface area contributed by atoms with Gasteiger partial charge < -0.3 is 20.3 Å². The summed E-state index contributed by atoms with van der Waals surface area (Å²) in [5, 5.41) is 5.55. The molecule has 0 saturated carbocycles. The summed E-state index contributed by atoms with van der Waals surface area (Å²) in [5.74, 6) is -0.915. The van der Waals surface area contributed by atoms with Crippen LogP contribution in [0, 0.1) is 0 Å². The third kappa shape index (κ3) is 5.16. The van der Waals surface area contributed by atoms with Gasteiger partial charge in [-0.15, -0.1) is 0 Å². The molecule has 0 fully saturated rings. The molecule has 0 saturated heterocycles. The van der Waals surface area contributed by atoms with E-state index in [9.17, 15) is 24.0 Å². The Hall–Kier alpha value is -3.81. The first kappa shape index (κ1) is 22.5. The van der Waals surface area contributed by atoms with Gasteiger partial charge in [-0.1, -0.05) is 6.07 Å². The van der Waals surface area contributed by atoms with Crippen LogP contribution in [0.15, 0.2) is 42.5 Å². The first-order valence-corrected chi connectivity index (χ1v) is 9.29. The van der Waals surface area contributed by atoms with Crippen LogP contribution in [0.3, 0.4) is 0 Å². The molecule has 0 radical (unpaired) electrons. The summed E-state index contributed by atoms with van der Waals surface area (Å²) in [6.45, 7) is 0. The fraction of sp³-hybridized carbons (Fsp3) is 0.227. The predicted molar refractivity (Wildman–Crippen MR) is 112 cm³/mol. The van der Waals surface area contributed by atoms with Crippen LogP contribution in [-0.2, 0) is 9.59 Å². The molecule has 1 unspecified atom stereocenters. The molecule has 1 atom stereocenters. The second kappa shape index (κ2) is 10.7. The molecule has 2 amide bonds. The van der Waals surface area contributed by atoms with Crippen molar-refractivity contribution < 1.29 is 24.0 Å². The van der Waals surface area contributed by atoms with Crippen molar-refractivity contribution >= 4 is 42.0 Å².